The van der Waals surface area contributed by atoms with Gasteiger partial charge in [-0.15, -0.1) is 0 Å². The van der Waals surface area contributed by atoms with Gasteiger partial charge in [0.2, 0.25) is 0 Å². The first kappa shape index (κ1) is 11.5. The minimum atomic E-state index is 0.970. The van der Waals surface area contributed by atoms with Crippen molar-refractivity contribution in [3.63, 3.8) is 0 Å². The summed E-state index contributed by atoms with van der Waals surface area (Å²) in [5.74, 6) is 1.00. The summed E-state index contributed by atoms with van der Waals surface area (Å²) in [6.07, 6.45) is 11.6. The van der Waals surface area contributed by atoms with E-state index in [1.165, 1.54) is 38.5 Å². The van der Waals surface area contributed by atoms with Crippen LogP contribution in [0.3, 0.4) is 0 Å². The van der Waals surface area contributed by atoms with Crippen LogP contribution in [0.1, 0.15) is 44.9 Å². The van der Waals surface area contributed by atoms with E-state index in [2.05, 4.69) is 21.7 Å². The summed E-state index contributed by atoms with van der Waals surface area (Å²) in [5, 5.41) is 6.68. The third kappa shape index (κ3) is 3.87. The van der Waals surface area contributed by atoms with Crippen LogP contribution in [0.4, 0.5) is 0 Å². The van der Waals surface area contributed by atoms with E-state index in [0.717, 1.165) is 32.0 Å². The van der Waals surface area contributed by atoms with E-state index in [1.807, 2.05) is 0 Å². The zero-order valence-electron chi connectivity index (χ0n) is 10.1. The van der Waals surface area contributed by atoms with Gasteiger partial charge in [-0.1, -0.05) is 18.1 Å². The van der Waals surface area contributed by atoms with E-state index in [9.17, 15) is 0 Å². The molecule has 0 saturated heterocycles. The summed E-state index contributed by atoms with van der Waals surface area (Å²) < 4.78 is 0. The fourth-order valence-corrected chi connectivity index (χ4v) is 2.30. The predicted octanol–water partition coefficient (Wildman–Crippen LogP) is 2.21. The maximum Gasteiger partial charge on any atom is 0.191 e. The highest BCUT2D eigenvalue weighted by Crippen LogP contribution is 2.18. The minimum Gasteiger partial charge on any atom is -0.356 e. The molecule has 1 aliphatic carbocycles. The van der Waals surface area contributed by atoms with Crippen molar-refractivity contribution in [3.8, 4) is 0 Å². The summed E-state index contributed by atoms with van der Waals surface area (Å²) in [5.41, 5.74) is 1.64. The van der Waals surface area contributed by atoms with Crippen molar-refractivity contribution in [3.05, 3.63) is 11.6 Å². The highest BCUT2D eigenvalue weighted by molar-refractivity contribution is 5.80. The molecule has 3 nitrogen and oxygen atoms in total. The van der Waals surface area contributed by atoms with Crippen LogP contribution in [-0.2, 0) is 0 Å². The Hall–Kier alpha value is -0.990. The maximum atomic E-state index is 4.41. The van der Waals surface area contributed by atoms with Gasteiger partial charge in [-0.3, -0.25) is 4.99 Å². The molecule has 90 valence electrons. The van der Waals surface area contributed by atoms with Crippen molar-refractivity contribution < 1.29 is 0 Å². The highest BCUT2D eigenvalue weighted by atomic mass is 15.2. The second kappa shape index (κ2) is 6.56. The van der Waals surface area contributed by atoms with Crippen LogP contribution in [0.15, 0.2) is 16.6 Å². The molecule has 3 heteroatoms. The van der Waals surface area contributed by atoms with Gasteiger partial charge in [-0.2, -0.15) is 0 Å². The molecule has 0 radical (unpaired) electrons. The van der Waals surface area contributed by atoms with Crippen LogP contribution >= 0.6 is 0 Å². The average Bonchev–Trinajstić information content (AvgIpc) is 2.59. The van der Waals surface area contributed by atoms with Crippen LogP contribution < -0.4 is 10.6 Å². The van der Waals surface area contributed by atoms with Gasteiger partial charge in [0.05, 0.1) is 0 Å². The van der Waals surface area contributed by atoms with Gasteiger partial charge < -0.3 is 10.6 Å². The molecule has 0 aromatic carbocycles. The van der Waals surface area contributed by atoms with Crippen LogP contribution in [0, 0.1) is 0 Å². The van der Waals surface area contributed by atoms with E-state index in [-0.39, 0.29) is 0 Å². The third-order valence-electron chi connectivity index (χ3n) is 3.27. The highest BCUT2D eigenvalue weighted by Gasteiger charge is 2.05. The van der Waals surface area contributed by atoms with Crippen LogP contribution in [0.5, 0.6) is 0 Å². The standard InChI is InChI=1S/C13H23N3/c1-2-4-7-12(6-3-1)8-11-16-13-14-9-5-10-15-13/h6H,1-5,7-11H2,(H2,14,15,16). The SMILES string of the molecule is C1=C(CCNC2=NCCCN2)CCCCC1. The van der Waals surface area contributed by atoms with Gasteiger partial charge in [-0.25, -0.2) is 0 Å². The van der Waals surface area contributed by atoms with Crippen LogP contribution in [0.2, 0.25) is 0 Å². The van der Waals surface area contributed by atoms with Crippen molar-refractivity contribution >= 4 is 5.96 Å². The second-order valence-corrected chi connectivity index (χ2v) is 4.65. The second-order valence-electron chi connectivity index (χ2n) is 4.65. The molecule has 0 aromatic heterocycles. The molecule has 1 heterocycles. The molecule has 2 aliphatic rings. The summed E-state index contributed by atoms with van der Waals surface area (Å²) in [6, 6.07) is 0. The van der Waals surface area contributed by atoms with Gasteiger partial charge in [0.25, 0.3) is 0 Å². The lowest BCUT2D eigenvalue weighted by Crippen LogP contribution is -2.41. The maximum absolute atomic E-state index is 4.41. The van der Waals surface area contributed by atoms with Gasteiger partial charge in [0, 0.05) is 19.6 Å². The summed E-state index contributed by atoms with van der Waals surface area (Å²) in [4.78, 5) is 4.41. The molecular weight excluding hydrogens is 198 g/mol. The van der Waals surface area contributed by atoms with Crippen LogP contribution in [0.25, 0.3) is 0 Å². The van der Waals surface area contributed by atoms with Crippen molar-refractivity contribution in [2.24, 2.45) is 4.99 Å². The molecule has 0 fully saturated rings. The molecule has 2 rings (SSSR count). The van der Waals surface area contributed by atoms with Gasteiger partial charge in [-0.05, 0) is 38.5 Å². The molecule has 0 aromatic rings. The number of hydrogen-bond acceptors (Lipinski definition) is 3. The van der Waals surface area contributed by atoms with Gasteiger partial charge >= 0.3 is 0 Å². The lowest BCUT2D eigenvalue weighted by atomic mass is 10.1. The quantitative estimate of drug-likeness (QED) is 0.717. The molecule has 0 bridgehead atoms. The number of nitrogens with one attached hydrogen (secondary N) is 2. The first-order valence-electron chi connectivity index (χ1n) is 6.65. The van der Waals surface area contributed by atoms with Gasteiger partial charge in [0.15, 0.2) is 5.96 Å². The summed E-state index contributed by atoms with van der Waals surface area (Å²) >= 11 is 0. The van der Waals surface area contributed by atoms with E-state index >= 15 is 0 Å². The summed E-state index contributed by atoms with van der Waals surface area (Å²) in [6.45, 7) is 3.06. The minimum absolute atomic E-state index is 0.970. The Morgan fingerprint density at radius 1 is 1.25 bits per heavy atom. The molecule has 0 atom stereocenters. The number of nitrogens with zero attached hydrogens (tertiary/aromatic N) is 1. The first-order chi connectivity index (χ1) is 7.95. The van der Waals surface area contributed by atoms with Crippen molar-refractivity contribution in [1.82, 2.24) is 10.6 Å². The Kier molecular flexibility index (Phi) is 4.71. The number of aliphatic imine (C=N–C) groups is 1. The molecular formula is C13H23N3. The number of hydrogen-bond donors (Lipinski definition) is 2. The lowest BCUT2D eigenvalue weighted by Gasteiger charge is -2.16. The fraction of sp³-hybridized carbons (Fsp3) is 0.769. The van der Waals surface area contributed by atoms with Crippen LogP contribution in [-0.4, -0.2) is 25.6 Å². The van der Waals surface area contributed by atoms with E-state index < -0.39 is 0 Å². The topological polar surface area (TPSA) is 36.4 Å². The number of guanidine groups is 1. The van der Waals surface area contributed by atoms with Crippen molar-refractivity contribution in [2.75, 3.05) is 19.6 Å². The normalized spacial score (nSPS) is 21.5. The largest absolute Gasteiger partial charge is 0.356 e. The third-order valence-corrected chi connectivity index (χ3v) is 3.27. The summed E-state index contributed by atoms with van der Waals surface area (Å²) in [7, 11) is 0. The molecule has 2 N–H and O–H groups in total. The Morgan fingerprint density at radius 2 is 2.25 bits per heavy atom. The predicted molar refractivity (Wildman–Crippen MR) is 68.7 cm³/mol. The molecule has 0 unspecified atom stereocenters. The molecule has 0 saturated carbocycles. The molecule has 0 amide bonds. The van der Waals surface area contributed by atoms with E-state index in [0.29, 0.717) is 0 Å². The first-order valence-corrected chi connectivity index (χ1v) is 6.65. The Morgan fingerprint density at radius 3 is 3.12 bits per heavy atom. The van der Waals surface area contributed by atoms with Crippen molar-refractivity contribution in [2.45, 2.75) is 44.9 Å². The lowest BCUT2D eigenvalue weighted by molar-refractivity contribution is 0.682. The Bertz CT molecular complexity index is 268. The molecule has 1 aliphatic heterocycles. The number of allylic oxidation sites excluding steroid dienone is 1. The zero-order chi connectivity index (χ0) is 11.1. The molecule has 16 heavy (non-hydrogen) atoms. The zero-order valence-corrected chi connectivity index (χ0v) is 10.1. The fourth-order valence-electron chi connectivity index (χ4n) is 2.30. The van der Waals surface area contributed by atoms with E-state index in [4.69, 9.17) is 0 Å². The van der Waals surface area contributed by atoms with Crippen molar-refractivity contribution in [1.29, 1.82) is 0 Å². The smallest absolute Gasteiger partial charge is 0.191 e. The Labute approximate surface area is 98.4 Å². The average molecular weight is 221 g/mol. The monoisotopic (exact) mass is 221 g/mol. The number of rotatable bonds is 3. The van der Waals surface area contributed by atoms with E-state index in [1.54, 1.807) is 5.57 Å². The Balaban J connectivity index is 1.66. The molecule has 0 spiro atoms. The van der Waals surface area contributed by atoms with Gasteiger partial charge in [0.1, 0.15) is 0 Å².